The third-order valence-corrected chi connectivity index (χ3v) is 3.62. The second kappa shape index (κ2) is 8.77. The quantitative estimate of drug-likeness (QED) is 0.555. The van der Waals surface area contributed by atoms with Crippen molar-refractivity contribution in [2.75, 3.05) is 12.3 Å². The highest BCUT2D eigenvalue weighted by Gasteiger charge is 2.32. The largest absolute Gasteiger partial charge is 0.391 e. The van der Waals surface area contributed by atoms with E-state index in [9.17, 15) is 14.7 Å². The maximum absolute atomic E-state index is 12.1. The van der Waals surface area contributed by atoms with Gasteiger partial charge in [-0.25, -0.2) is 0 Å². The van der Waals surface area contributed by atoms with Crippen LogP contribution in [0.4, 0.5) is 0 Å². The molecule has 0 aromatic heterocycles. The van der Waals surface area contributed by atoms with Gasteiger partial charge in [0.15, 0.2) is 0 Å². The summed E-state index contributed by atoms with van der Waals surface area (Å²) in [5, 5.41) is 9.43. The number of rotatable bonds is 7. The Hall–Kier alpha value is -0.260. The van der Waals surface area contributed by atoms with Crippen molar-refractivity contribution >= 4 is 36.0 Å². The molecule has 0 fully saturated rings. The normalized spacial score (nSPS) is 15.9. The van der Waals surface area contributed by atoms with Gasteiger partial charge in [-0.3, -0.25) is 14.5 Å². The Bertz CT molecular complexity index is 288. The summed E-state index contributed by atoms with van der Waals surface area (Å²) in [4.78, 5) is 25.0. The lowest BCUT2D eigenvalue weighted by molar-refractivity contribution is -0.148. The molecule has 3 atom stereocenters. The molecular formula is C12H22ClNO3S. The minimum absolute atomic E-state index is 0.250. The number of hydrogen-bond donors (Lipinski definition) is 2. The number of aliphatic hydroxyl groups is 1. The number of thiol groups is 1. The van der Waals surface area contributed by atoms with Crippen LogP contribution in [0.5, 0.6) is 0 Å². The van der Waals surface area contributed by atoms with Crippen molar-refractivity contribution < 1.29 is 14.7 Å². The standard InChI is InChI=1S/C12H22ClNO3S/c1-4-9(13)11(16)8(3)12(17)14(6-7-18)10(15)5-2/h8-9,11,16,18H,4-7H2,1-3H3/t8-,9?,11+/m0/s1. The molecule has 1 unspecified atom stereocenters. The van der Waals surface area contributed by atoms with Gasteiger partial charge in [-0.2, -0.15) is 12.6 Å². The zero-order valence-electron chi connectivity index (χ0n) is 11.1. The van der Waals surface area contributed by atoms with Gasteiger partial charge in [0.25, 0.3) is 0 Å². The lowest BCUT2D eigenvalue weighted by atomic mass is 9.98. The van der Waals surface area contributed by atoms with Gasteiger partial charge in [0, 0.05) is 18.7 Å². The van der Waals surface area contributed by atoms with E-state index < -0.39 is 17.4 Å². The molecule has 0 aromatic rings. The van der Waals surface area contributed by atoms with Crippen LogP contribution in [-0.4, -0.2) is 45.6 Å². The number of imide groups is 1. The van der Waals surface area contributed by atoms with Crippen LogP contribution in [0.2, 0.25) is 0 Å². The number of nitrogens with zero attached hydrogens (tertiary/aromatic N) is 1. The topological polar surface area (TPSA) is 57.6 Å². The number of halogens is 1. The molecule has 0 bridgehead atoms. The van der Waals surface area contributed by atoms with E-state index in [-0.39, 0.29) is 24.8 Å². The zero-order valence-corrected chi connectivity index (χ0v) is 12.7. The summed E-state index contributed by atoms with van der Waals surface area (Å²) in [6.07, 6.45) is -0.133. The summed E-state index contributed by atoms with van der Waals surface area (Å²) in [6.45, 7) is 5.37. The molecule has 0 heterocycles. The number of carbonyl (C=O) groups excluding carboxylic acids is 2. The second-order valence-electron chi connectivity index (χ2n) is 4.16. The second-order valence-corrected chi connectivity index (χ2v) is 5.17. The van der Waals surface area contributed by atoms with Crippen LogP contribution in [-0.2, 0) is 9.59 Å². The minimum atomic E-state index is -0.948. The summed E-state index contributed by atoms with van der Waals surface area (Å²) in [5.74, 6) is -0.931. The molecule has 1 N–H and O–H groups in total. The molecule has 0 aliphatic rings. The van der Waals surface area contributed by atoms with Crippen molar-refractivity contribution in [2.24, 2.45) is 5.92 Å². The van der Waals surface area contributed by atoms with Crippen molar-refractivity contribution in [3.8, 4) is 0 Å². The minimum Gasteiger partial charge on any atom is -0.391 e. The zero-order chi connectivity index (χ0) is 14.3. The first-order valence-electron chi connectivity index (χ1n) is 6.17. The first-order chi connectivity index (χ1) is 8.40. The van der Waals surface area contributed by atoms with Crippen LogP contribution in [0.15, 0.2) is 0 Å². The Morgan fingerprint density at radius 1 is 1.39 bits per heavy atom. The Balaban J connectivity index is 4.80. The molecule has 0 saturated carbocycles. The lowest BCUT2D eigenvalue weighted by Gasteiger charge is -2.27. The van der Waals surface area contributed by atoms with Gasteiger partial charge in [-0.05, 0) is 6.42 Å². The molecule has 0 rings (SSSR count). The van der Waals surface area contributed by atoms with Crippen LogP contribution >= 0.6 is 24.2 Å². The van der Waals surface area contributed by atoms with E-state index in [4.69, 9.17) is 11.6 Å². The van der Waals surface area contributed by atoms with E-state index in [0.717, 1.165) is 4.90 Å². The van der Waals surface area contributed by atoms with Crippen LogP contribution < -0.4 is 0 Å². The van der Waals surface area contributed by atoms with E-state index in [1.807, 2.05) is 6.92 Å². The van der Waals surface area contributed by atoms with Crippen LogP contribution in [0.3, 0.4) is 0 Å². The SMILES string of the molecule is CCC(=O)N(CCS)C(=O)[C@@H](C)[C@@H](O)C(Cl)CC. The lowest BCUT2D eigenvalue weighted by Crippen LogP contribution is -2.46. The number of alkyl halides is 1. The highest BCUT2D eigenvalue weighted by Crippen LogP contribution is 2.18. The van der Waals surface area contributed by atoms with Crippen molar-refractivity contribution in [3.63, 3.8) is 0 Å². The fourth-order valence-corrected chi connectivity index (χ4v) is 2.01. The first-order valence-corrected chi connectivity index (χ1v) is 7.24. The van der Waals surface area contributed by atoms with Gasteiger partial charge in [-0.15, -0.1) is 11.6 Å². The predicted octanol–water partition coefficient (Wildman–Crippen LogP) is 1.70. The Morgan fingerprint density at radius 2 is 1.94 bits per heavy atom. The first kappa shape index (κ1) is 17.7. The average molecular weight is 296 g/mol. The van der Waals surface area contributed by atoms with E-state index in [1.54, 1.807) is 13.8 Å². The molecule has 0 aromatic carbocycles. The third-order valence-electron chi connectivity index (χ3n) is 2.86. The highest BCUT2D eigenvalue weighted by atomic mass is 35.5. The Morgan fingerprint density at radius 3 is 2.33 bits per heavy atom. The molecule has 0 aliphatic carbocycles. The number of aliphatic hydroxyl groups excluding tert-OH is 1. The summed E-state index contributed by atoms with van der Waals surface area (Å²) >= 11 is 9.96. The van der Waals surface area contributed by atoms with E-state index in [2.05, 4.69) is 12.6 Å². The van der Waals surface area contributed by atoms with E-state index >= 15 is 0 Å². The van der Waals surface area contributed by atoms with E-state index in [0.29, 0.717) is 12.2 Å². The van der Waals surface area contributed by atoms with Gasteiger partial charge in [-0.1, -0.05) is 20.8 Å². The van der Waals surface area contributed by atoms with E-state index in [1.165, 1.54) is 0 Å². The molecule has 0 aliphatic heterocycles. The van der Waals surface area contributed by atoms with Gasteiger partial charge in [0.2, 0.25) is 11.8 Å². The summed E-state index contributed by atoms with van der Waals surface area (Å²) in [7, 11) is 0. The molecule has 106 valence electrons. The van der Waals surface area contributed by atoms with Gasteiger partial charge < -0.3 is 5.11 Å². The third kappa shape index (κ3) is 4.78. The monoisotopic (exact) mass is 295 g/mol. The average Bonchev–Trinajstić information content (AvgIpc) is 2.40. The van der Waals surface area contributed by atoms with Crippen molar-refractivity contribution in [3.05, 3.63) is 0 Å². The Kier molecular flexibility index (Phi) is 8.65. The van der Waals surface area contributed by atoms with Gasteiger partial charge >= 0.3 is 0 Å². The molecule has 6 heteroatoms. The molecule has 0 saturated heterocycles. The number of amides is 2. The smallest absolute Gasteiger partial charge is 0.234 e. The van der Waals surface area contributed by atoms with Gasteiger partial charge in [0.05, 0.1) is 17.4 Å². The molecular weight excluding hydrogens is 274 g/mol. The fraction of sp³-hybridized carbons (Fsp3) is 0.833. The maximum Gasteiger partial charge on any atom is 0.234 e. The van der Waals surface area contributed by atoms with Crippen molar-refractivity contribution in [1.29, 1.82) is 0 Å². The number of hydrogen-bond acceptors (Lipinski definition) is 4. The van der Waals surface area contributed by atoms with Crippen LogP contribution in [0.1, 0.15) is 33.6 Å². The maximum atomic E-state index is 12.1. The van der Waals surface area contributed by atoms with Crippen LogP contribution in [0.25, 0.3) is 0 Å². The highest BCUT2D eigenvalue weighted by molar-refractivity contribution is 7.80. The summed E-state index contributed by atoms with van der Waals surface area (Å²) < 4.78 is 0. The van der Waals surface area contributed by atoms with Crippen molar-refractivity contribution in [2.45, 2.75) is 45.1 Å². The Labute approximate surface area is 119 Å². The predicted molar refractivity (Wildman–Crippen MR) is 76.0 cm³/mol. The van der Waals surface area contributed by atoms with Crippen molar-refractivity contribution in [1.82, 2.24) is 4.90 Å². The van der Waals surface area contributed by atoms with Gasteiger partial charge in [0.1, 0.15) is 0 Å². The number of carbonyl (C=O) groups is 2. The summed E-state index contributed by atoms with van der Waals surface area (Å²) in [5.41, 5.74) is 0. The van der Waals surface area contributed by atoms with Crippen LogP contribution in [0, 0.1) is 5.92 Å². The fourth-order valence-electron chi connectivity index (χ4n) is 1.60. The summed E-state index contributed by atoms with van der Waals surface area (Å²) in [6, 6.07) is 0. The molecule has 18 heavy (non-hydrogen) atoms. The molecule has 0 spiro atoms. The molecule has 0 radical (unpaired) electrons. The molecule has 2 amide bonds. The molecule has 4 nitrogen and oxygen atoms in total.